The van der Waals surface area contributed by atoms with Gasteiger partial charge < -0.3 is 14.5 Å². The fourth-order valence-corrected chi connectivity index (χ4v) is 3.09. The molecule has 0 aliphatic carbocycles. The minimum atomic E-state index is -0.0242. The van der Waals surface area contributed by atoms with Crippen molar-refractivity contribution in [2.45, 2.75) is 6.92 Å². The molecule has 0 N–H and O–H groups in total. The predicted octanol–water partition coefficient (Wildman–Crippen LogP) is 3.41. The van der Waals surface area contributed by atoms with Gasteiger partial charge in [0.1, 0.15) is 11.3 Å². The molecule has 1 aromatic carbocycles. The zero-order valence-electron chi connectivity index (χ0n) is 13.6. The molecule has 1 saturated heterocycles. The third kappa shape index (κ3) is 3.94. The van der Waals surface area contributed by atoms with Gasteiger partial charge in [-0.05, 0) is 36.9 Å². The van der Waals surface area contributed by atoms with Crippen LogP contribution >= 0.6 is 15.9 Å². The molecule has 1 aliphatic rings. The molecule has 24 heavy (non-hydrogen) atoms. The van der Waals surface area contributed by atoms with Crippen LogP contribution in [-0.2, 0) is 0 Å². The fraction of sp³-hybridized carbons (Fsp3) is 0.333. The van der Waals surface area contributed by atoms with E-state index in [0.717, 1.165) is 37.2 Å². The molecule has 0 spiro atoms. The molecule has 0 atom stereocenters. The van der Waals surface area contributed by atoms with Gasteiger partial charge in [0.05, 0.1) is 0 Å². The van der Waals surface area contributed by atoms with Crippen molar-refractivity contribution in [2.75, 3.05) is 32.7 Å². The quantitative estimate of drug-likeness (QED) is 0.803. The van der Waals surface area contributed by atoms with E-state index in [1.165, 1.54) is 0 Å². The van der Waals surface area contributed by atoms with Gasteiger partial charge in [-0.15, -0.1) is 0 Å². The number of likely N-dealkylation sites (N-methyl/N-ethyl adjacent to an activating group) is 1. The maximum absolute atomic E-state index is 12.9. The normalized spacial score (nSPS) is 15.3. The van der Waals surface area contributed by atoms with Crippen molar-refractivity contribution in [3.05, 3.63) is 52.6 Å². The molecule has 1 fully saturated rings. The Balaban J connectivity index is 1.77. The van der Waals surface area contributed by atoms with E-state index in [9.17, 15) is 4.79 Å². The summed E-state index contributed by atoms with van der Waals surface area (Å²) in [4.78, 5) is 21.3. The number of piperazine rings is 1. The molecule has 3 rings (SSSR count). The molecule has 2 aromatic rings. The first-order valence-corrected chi connectivity index (χ1v) is 8.86. The number of carbonyl (C=O) groups is 1. The summed E-state index contributed by atoms with van der Waals surface area (Å²) in [5, 5.41) is 0. The van der Waals surface area contributed by atoms with E-state index in [1.54, 1.807) is 18.3 Å². The van der Waals surface area contributed by atoms with Gasteiger partial charge in [-0.25, -0.2) is 4.98 Å². The lowest BCUT2D eigenvalue weighted by Gasteiger charge is -2.34. The average Bonchev–Trinajstić information content (AvgIpc) is 2.62. The highest BCUT2D eigenvalue weighted by Crippen LogP contribution is 2.26. The van der Waals surface area contributed by atoms with Crippen LogP contribution in [0.25, 0.3) is 0 Å². The van der Waals surface area contributed by atoms with E-state index in [1.807, 2.05) is 29.2 Å². The van der Waals surface area contributed by atoms with Gasteiger partial charge >= 0.3 is 0 Å². The Bertz CT molecular complexity index is 715. The maximum Gasteiger partial charge on any atom is 0.259 e. The summed E-state index contributed by atoms with van der Waals surface area (Å²) in [6.07, 6.45) is 1.64. The molecule has 6 heteroatoms. The summed E-state index contributed by atoms with van der Waals surface area (Å²) >= 11 is 3.42. The molecule has 1 amide bonds. The van der Waals surface area contributed by atoms with E-state index < -0.39 is 0 Å². The summed E-state index contributed by atoms with van der Waals surface area (Å²) in [7, 11) is 0. The number of hydrogen-bond donors (Lipinski definition) is 0. The number of benzene rings is 1. The van der Waals surface area contributed by atoms with Gasteiger partial charge in [0.25, 0.3) is 5.91 Å². The van der Waals surface area contributed by atoms with Gasteiger partial charge in [-0.3, -0.25) is 4.79 Å². The lowest BCUT2D eigenvalue weighted by molar-refractivity contribution is 0.0640. The Labute approximate surface area is 150 Å². The average molecular weight is 390 g/mol. The van der Waals surface area contributed by atoms with Crippen molar-refractivity contribution in [3.8, 4) is 11.6 Å². The van der Waals surface area contributed by atoms with Crippen LogP contribution < -0.4 is 4.74 Å². The standard InChI is InChI=1S/C18H20BrN3O2/c1-2-21-9-11-22(12-10-21)18(23)16-7-4-8-20-17(16)24-15-6-3-5-14(19)13-15/h3-8,13H,2,9-12H2,1H3. The molecule has 0 radical (unpaired) electrons. The zero-order valence-corrected chi connectivity index (χ0v) is 15.2. The number of rotatable bonds is 4. The van der Waals surface area contributed by atoms with E-state index >= 15 is 0 Å². The van der Waals surface area contributed by atoms with Crippen LogP contribution in [0.15, 0.2) is 47.1 Å². The molecule has 2 heterocycles. The second kappa shape index (κ2) is 7.77. The SMILES string of the molecule is CCN1CCN(C(=O)c2cccnc2Oc2cccc(Br)c2)CC1. The van der Waals surface area contributed by atoms with Crippen LogP contribution in [-0.4, -0.2) is 53.4 Å². The number of nitrogens with zero attached hydrogens (tertiary/aromatic N) is 3. The third-order valence-corrected chi connectivity index (χ3v) is 4.61. The fourth-order valence-electron chi connectivity index (χ4n) is 2.71. The van der Waals surface area contributed by atoms with E-state index in [0.29, 0.717) is 17.2 Å². The predicted molar refractivity (Wildman–Crippen MR) is 96.5 cm³/mol. The number of halogens is 1. The Hall–Kier alpha value is -1.92. The van der Waals surface area contributed by atoms with Crippen LogP contribution in [0.5, 0.6) is 11.6 Å². The van der Waals surface area contributed by atoms with Crippen molar-refractivity contribution in [1.29, 1.82) is 0 Å². The van der Waals surface area contributed by atoms with E-state index in [2.05, 4.69) is 32.7 Å². The number of amides is 1. The second-order valence-electron chi connectivity index (χ2n) is 5.64. The Kier molecular flexibility index (Phi) is 5.48. The van der Waals surface area contributed by atoms with Gasteiger partial charge in [0.2, 0.25) is 5.88 Å². The van der Waals surface area contributed by atoms with Crippen molar-refractivity contribution in [1.82, 2.24) is 14.8 Å². The minimum Gasteiger partial charge on any atom is -0.438 e. The van der Waals surface area contributed by atoms with Gasteiger partial charge in [0, 0.05) is 36.8 Å². The maximum atomic E-state index is 12.9. The smallest absolute Gasteiger partial charge is 0.259 e. The Morgan fingerprint density at radius 3 is 2.71 bits per heavy atom. The van der Waals surface area contributed by atoms with Crippen molar-refractivity contribution in [3.63, 3.8) is 0 Å². The highest BCUT2D eigenvalue weighted by Gasteiger charge is 2.24. The van der Waals surface area contributed by atoms with Crippen LogP contribution in [0.3, 0.4) is 0 Å². The molecule has 0 bridgehead atoms. The van der Waals surface area contributed by atoms with Crippen LogP contribution in [0.1, 0.15) is 17.3 Å². The van der Waals surface area contributed by atoms with Crippen LogP contribution in [0.2, 0.25) is 0 Å². The number of carbonyl (C=O) groups excluding carboxylic acids is 1. The zero-order chi connectivity index (χ0) is 16.9. The Morgan fingerprint density at radius 2 is 2.00 bits per heavy atom. The summed E-state index contributed by atoms with van der Waals surface area (Å²) in [6.45, 7) is 6.44. The number of hydrogen-bond acceptors (Lipinski definition) is 4. The van der Waals surface area contributed by atoms with Crippen molar-refractivity contribution < 1.29 is 9.53 Å². The molecule has 0 saturated carbocycles. The lowest BCUT2D eigenvalue weighted by atomic mass is 10.2. The summed E-state index contributed by atoms with van der Waals surface area (Å²) < 4.78 is 6.76. The molecule has 1 aromatic heterocycles. The van der Waals surface area contributed by atoms with E-state index in [-0.39, 0.29) is 5.91 Å². The highest BCUT2D eigenvalue weighted by molar-refractivity contribution is 9.10. The summed E-state index contributed by atoms with van der Waals surface area (Å²) in [5.74, 6) is 0.968. The Morgan fingerprint density at radius 1 is 1.21 bits per heavy atom. The summed E-state index contributed by atoms with van der Waals surface area (Å²) in [5.41, 5.74) is 0.502. The first-order valence-electron chi connectivity index (χ1n) is 8.07. The summed E-state index contributed by atoms with van der Waals surface area (Å²) in [6, 6.07) is 11.0. The lowest BCUT2D eigenvalue weighted by Crippen LogP contribution is -2.48. The van der Waals surface area contributed by atoms with Crippen molar-refractivity contribution >= 4 is 21.8 Å². The van der Waals surface area contributed by atoms with Gasteiger partial charge in [0.15, 0.2) is 0 Å². The largest absolute Gasteiger partial charge is 0.438 e. The monoisotopic (exact) mass is 389 g/mol. The second-order valence-corrected chi connectivity index (χ2v) is 6.56. The molecule has 126 valence electrons. The highest BCUT2D eigenvalue weighted by atomic mass is 79.9. The number of ether oxygens (including phenoxy) is 1. The molecular weight excluding hydrogens is 370 g/mol. The third-order valence-electron chi connectivity index (χ3n) is 4.12. The van der Waals surface area contributed by atoms with E-state index in [4.69, 9.17) is 4.74 Å². The van der Waals surface area contributed by atoms with Gasteiger partial charge in [-0.1, -0.05) is 28.9 Å². The number of aromatic nitrogens is 1. The molecule has 0 unspecified atom stereocenters. The first-order chi connectivity index (χ1) is 11.7. The first kappa shape index (κ1) is 16.9. The molecule has 1 aliphatic heterocycles. The minimum absolute atomic E-state index is 0.0242. The van der Waals surface area contributed by atoms with Gasteiger partial charge in [-0.2, -0.15) is 0 Å². The van der Waals surface area contributed by atoms with Crippen LogP contribution in [0, 0.1) is 0 Å². The molecule has 5 nitrogen and oxygen atoms in total. The molecular formula is C18H20BrN3O2. The number of pyridine rings is 1. The van der Waals surface area contributed by atoms with Crippen LogP contribution in [0.4, 0.5) is 0 Å². The van der Waals surface area contributed by atoms with Crippen molar-refractivity contribution in [2.24, 2.45) is 0 Å². The topological polar surface area (TPSA) is 45.7 Å².